The second-order valence-electron chi connectivity index (χ2n) is 4.17. The third kappa shape index (κ3) is 1.67. The van der Waals surface area contributed by atoms with Gasteiger partial charge in [0.1, 0.15) is 5.82 Å². The largest absolute Gasteiger partial charge is 0.303 e. The Hall–Kier alpha value is -0.890. The number of likely N-dealkylation sites (N-methyl/N-ethyl adjacent to an activating group) is 1. The molecule has 1 saturated heterocycles. The molecule has 1 unspecified atom stereocenters. The van der Waals surface area contributed by atoms with Crippen LogP contribution in [0, 0.1) is 5.82 Å². The number of benzene rings is 1. The molecule has 1 heterocycles. The maximum Gasteiger partial charge on any atom is 0.123 e. The van der Waals surface area contributed by atoms with Gasteiger partial charge in [0.15, 0.2) is 0 Å². The Balaban J connectivity index is 2.19. The van der Waals surface area contributed by atoms with Crippen LogP contribution in [-0.4, -0.2) is 24.5 Å². The highest BCUT2D eigenvalue weighted by atomic mass is 19.1. The van der Waals surface area contributed by atoms with Gasteiger partial charge in [-0.15, -0.1) is 0 Å². The van der Waals surface area contributed by atoms with E-state index >= 15 is 0 Å². The monoisotopic (exact) mass is 193 g/mol. The van der Waals surface area contributed by atoms with Crippen molar-refractivity contribution in [2.45, 2.75) is 25.3 Å². The van der Waals surface area contributed by atoms with Crippen LogP contribution >= 0.6 is 0 Å². The van der Waals surface area contributed by atoms with Crippen LogP contribution in [0.2, 0.25) is 0 Å². The summed E-state index contributed by atoms with van der Waals surface area (Å²) in [5.41, 5.74) is 1.27. The SMILES string of the molecule is CC1[C@@H](c2ccc(F)cc2)CCN1C. The first-order valence-electron chi connectivity index (χ1n) is 5.14. The fraction of sp³-hybridized carbons (Fsp3) is 0.500. The summed E-state index contributed by atoms with van der Waals surface area (Å²) < 4.78 is 12.7. The van der Waals surface area contributed by atoms with Crippen LogP contribution in [-0.2, 0) is 0 Å². The molecule has 2 rings (SSSR count). The van der Waals surface area contributed by atoms with Crippen molar-refractivity contribution in [1.29, 1.82) is 0 Å². The van der Waals surface area contributed by atoms with E-state index < -0.39 is 0 Å². The van der Waals surface area contributed by atoms with Gasteiger partial charge in [0, 0.05) is 12.0 Å². The van der Waals surface area contributed by atoms with E-state index in [1.807, 2.05) is 12.1 Å². The fourth-order valence-electron chi connectivity index (χ4n) is 2.25. The Labute approximate surface area is 84.5 Å². The first-order valence-corrected chi connectivity index (χ1v) is 5.14. The lowest BCUT2D eigenvalue weighted by atomic mass is 9.93. The minimum absolute atomic E-state index is 0.146. The lowest BCUT2D eigenvalue weighted by Crippen LogP contribution is -2.24. The molecule has 2 atom stereocenters. The minimum Gasteiger partial charge on any atom is -0.303 e. The summed E-state index contributed by atoms with van der Waals surface area (Å²) in [4.78, 5) is 2.36. The van der Waals surface area contributed by atoms with Gasteiger partial charge in [0.25, 0.3) is 0 Å². The van der Waals surface area contributed by atoms with Crippen LogP contribution in [0.15, 0.2) is 24.3 Å². The fourth-order valence-corrected chi connectivity index (χ4v) is 2.25. The van der Waals surface area contributed by atoms with Crippen LogP contribution in [0.5, 0.6) is 0 Å². The van der Waals surface area contributed by atoms with E-state index in [4.69, 9.17) is 0 Å². The molecule has 0 aromatic heterocycles. The smallest absolute Gasteiger partial charge is 0.123 e. The number of rotatable bonds is 1. The van der Waals surface area contributed by atoms with Crippen molar-refractivity contribution in [3.05, 3.63) is 35.6 Å². The summed E-state index contributed by atoms with van der Waals surface area (Å²) >= 11 is 0. The molecule has 1 aliphatic heterocycles. The van der Waals surface area contributed by atoms with Gasteiger partial charge in [0.05, 0.1) is 0 Å². The third-order valence-electron chi connectivity index (χ3n) is 3.37. The van der Waals surface area contributed by atoms with E-state index in [1.165, 1.54) is 12.0 Å². The Morgan fingerprint density at radius 3 is 2.43 bits per heavy atom. The second-order valence-corrected chi connectivity index (χ2v) is 4.17. The third-order valence-corrected chi connectivity index (χ3v) is 3.37. The summed E-state index contributed by atoms with van der Waals surface area (Å²) in [5, 5.41) is 0. The van der Waals surface area contributed by atoms with E-state index in [9.17, 15) is 4.39 Å². The maximum absolute atomic E-state index is 12.7. The lowest BCUT2D eigenvalue weighted by Gasteiger charge is -2.20. The van der Waals surface area contributed by atoms with Crippen LogP contribution in [0.1, 0.15) is 24.8 Å². The topological polar surface area (TPSA) is 3.24 Å². The maximum atomic E-state index is 12.7. The van der Waals surface area contributed by atoms with Crippen molar-refractivity contribution in [3.63, 3.8) is 0 Å². The second kappa shape index (κ2) is 3.70. The molecule has 14 heavy (non-hydrogen) atoms. The Morgan fingerprint density at radius 2 is 1.93 bits per heavy atom. The van der Waals surface area contributed by atoms with Crippen LogP contribution < -0.4 is 0 Å². The molecule has 0 N–H and O–H groups in total. The number of nitrogens with zero attached hydrogens (tertiary/aromatic N) is 1. The number of hydrogen-bond acceptors (Lipinski definition) is 1. The molecule has 76 valence electrons. The lowest BCUT2D eigenvalue weighted by molar-refractivity contribution is 0.318. The Bertz CT molecular complexity index is 307. The highest BCUT2D eigenvalue weighted by Crippen LogP contribution is 2.31. The zero-order chi connectivity index (χ0) is 10.1. The quantitative estimate of drug-likeness (QED) is 0.662. The molecule has 1 aromatic rings. The van der Waals surface area contributed by atoms with Crippen molar-refractivity contribution in [3.8, 4) is 0 Å². The van der Waals surface area contributed by atoms with Crippen LogP contribution in [0.4, 0.5) is 4.39 Å². The highest BCUT2D eigenvalue weighted by Gasteiger charge is 2.28. The first kappa shape index (κ1) is 9.66. The molecule has 1 nitrogen and oxygen atoms in total. The van der Waals surface area contributed by atoms with E-state index in [2.05, 4.69) is 18.9 Å². The average molecular weight is 193 g/mol. The normalized spacial score (nSPS) is 28.2. The summed E-state index contributed by atoms with van der Waals surface area (Å²) in [6.07, 6.45) is 1.18. The number of halogens is 1. The molecule has 1 aliphatic rings. The minimum atomic E-state index is -0.146. The zero-order valence-electron chi connectivity index (χ0n) is 8.70. The number of hydrogen-bond donors (Lipinski definition) is 0. The van der Waals surface area contributed by atoms with Gasteiger partial charge >= 0.3 is 0 Å². The van der Waals surface area contributed by atoms with E-state index in [-0.39, 0.29) is 5.82 Å². The van der Waals surface area contributed by atoms with Crippen LogP contribution in [0.3, 0.4) is 0 Å². The summed E-state index contributed by atoms with van der Waals surface area (Å²) in [5.74, 6) is 0.424. The molecule has 0 radical (unpaired) electrons. The van der Waals surface area contributed by atoms with Gasteiger partial charge in [-0.25, -0.2) is 4.39 Å². The molecule has 2 heteroatoms. The van der Waals surface area contributed by atoms with Crippen molar-refractivity contribution >= 4 is 0 Å². The molecule has 0 bridgehead atoms. The molecule has 1 aromatic carbocycles. The van der Waals surface area contributed by atoms with Crippen molar-refractivity contribution in [2.75, 3.05) is 13.6 Å². The van der Waals surface area contributed by atoms with Crippen molar-refractivity contribution < 1.29 is 4.39 Å². The van der Waals surface area contributed by atoms with Crippen molar-refractivity contribution in [1.82, 2.24) is 4.90 Å². The molecular weight excluding hydrogens is 177 g/mol. The average Bonchev–Trinajstić information content (AvgIpc) is 2.50. The van der Waals surface area contributed by atoms with Crippen molar-refractivity contribution in [2.24, 2.45) is 0 Å². The van der Waals surface area contributed by atoms with E-state index in [0.717, 1.165) is 6.54 Å². The van der Waals surface area contributed by atoms with Gasteiger partial charge in [-0.05, 0) is 44.6 Å². The highest BCUT2D eigenvalue weighted by molar-refractivity contribution is 5.23. The summed E-state index contributed by atoms with van der Waals surface area (Å²) in [6, 6.07) is 7.51. The predicted molar refractivity (Wildman–Crippen MR) is 55.9 cm³/mol. The Kier molecular flexibility index (Phi) is 2.55. The predicted octanol–water partition coefficient (Wildman–Crippen LogP) is 2.63. The molecule has 0 amide bonds. The Morgan fingerprint density at radius 1 is 1.29 bits per heavy atom. The first-order chi connectivity index (χ1) is 6.68. The van der Waals surface area contributed by atoms with Gasteiger partial charge in [-0.2, -0.15) is 0 Å². The molecule has 0 spiro atoms. The van der Waals surface area contributed by atoms with Gasteiger partial charge in [0.2, 0.25) is 0 Å². The van der Waals surface area contributed by atoms with Gasteiger partial charge in [-0.3, -0.25) is 0 Å². The zero-order valence-corrected chi connectivity index (χ0v) is 8.70. The molecule has 0 saturated carbocycles. The van der Waals surface area contributed by atoms with E-state index in [1.54, 1.807) is 12.1 Å². The van der Waals surface area contributed by atoms with Gasteiger partial charge < -0.3 is 4.90 Å². The summed E-state index contributed by atoms with van der Waals surface area (Å²) in [6.45, 7) is 3.38. The molecule has 1 fully saturated rings. The molecule has 0 aliphatic carbocycles. The summed E-state index contributed by atoms with van der Waals surface area (Å²) in [7, 11) is 2.15. The standard InChI is InChI=1S/C12H16FN/c1-9-12(7-8-14(9)2)10-3-5-11(13)6-4-10/h3-6,9,12H,7-8H2,1-2H3/t9?,12-/m0/s1. The van der Waals surface area contributed by atoms with Gasteiger partial charge in [-0.1, -0.05) is 12.1 Å². The van der Waals surface area contributed by atoms with E-state index in [0.29, 0.717) is 12.0 Å². The number of likely N-dealkylation sites (tertiary alicyclic amines) is 1. The molecular formula is C12H16FN. The van der Waals surface area contributed by atoms with Crippen LogP contribution in [0.25, 0.3) is 0 Å².